The molecule has 0 unspecified atom stereocenters. The van der Waals surface area contributed by atoms with Crippen molar-refractivity contribution in [2.45, 2.75) is 0 Å². The molecule has 12 heavy (non-hydrogen) atoms. The second-order valence-corrected chi connectivity index (χ2v) is 0.787. The minimum Gasteiger partial charge on any atom is -0.488 e. The Kier molecular flexibility index (Phi) is 59.0. The predicted molar refractivity (Wildman–Crippen MR) is 54.4 cm³/mol. The standard InChI is InChI=1S/2C2H3N3.Al.Zn.3H/c2*3-1-5-2-4;;;;;/h2*1-2H,(H-2,3,4,5);;;;;/q2*-2;;;;;. The van der Waals surface area contributed by atoms with E-state index in [1.165, 1.54) is 0 Å². The minimum atomic E-state index is 0. The van der Waals surface area contributed by atoms with Crippen LogP contribution in [0, 0.1) is 0 Å². The Hall–Kier alpha value is -0.564. The van der Waals surface area contributed by atoms with E-state index < -0.39 is 0 Å². The van der Waals surface area contributed by atoms with Crippen molar-refractivity contribution in [3.05, 3.63) is 22.3 Å². The molecular formula is C4H9AlN6Zn-4. The summed E-state index contributed by atoms with van der Waals surface area (Å²) in [5, 5.41) is 15.2. The molecule has 0 rings (SSSR count). The van der Waals surface area contributed by atoms with Crippen molar-refractivity contribution in [3.63, 3.8) is 0 Å². The van der Waals surface area contributed by atoms with E-state index in [0.717, 1.165) is 12.7 Å². The van der Waals surface area contributed by atoms with Gasteiger partial charge in [0.05, 0.1) is 0 Å². The van der Waals surface area contributed by atoms with Crippen LogP contribution >= 0.6 is 0 Å². The van der Waals surface area contributed by atoms with Gasteiger partial charge in [-0.3, -0.25) is 0 Å². The average molecular weight is 234 g/mol. The van der Waals surface area contributed by atoms with Crippen LogP contribution in [-0.4, -0.2) is 42.7 Å². The number of hydrogen-bond donors (Lipinski definition) is 0. The Morgan fingerprint density at radius 1 is 0.917 bits per heavy atom. The molecule has 0 spiro atoms. The Bertz CT molecular complexity index is 120. The molecule has 0 bridgehead atoms. The van der Waals surface area contributed by atoms with Crippen LogP contribution in [-0.2, 0) is 19.5 Å². The maximum Gasteiger partial charge on any atom is 0.187 e. The first-order chi connectivity index (χ1) is 4.83. The van der Waals surface area contributed by atoms with Crippen LogP contribution < -0.4 is 0 Å². The minimum absolute atomic E-state index is 0. The molecule has 0 radical (unpaired) electrons. The van der Waals surface area contributed by atoms with Crippen LogP contribution in [0.2, 0.25) is 0 Å². The molecule has 0 aromatic heterocycles. The fourth-order valence-corrected chi connectivity index (χ4v) is 0.0667. The Labute approximate surface area is 94.4 Å². The van der Waals surface area contributed by atoms with Crippen LogP contribution in [0.1, 0.15) is 0 Å². The zero-order valence-electron chi connectivity index (χ0n) is 5.81. The maximum atomic E-state index is 7.62. The smallest absolute Gasteiger partial charge is 0.187 e. The number of hydrogen-bond acceptors (Lipinski definition) is 0. The molecule has 64 valence electrons. The summed E-state index contributed by atoms with van der Waals surface area (Å²) in [4.78, 5) is 5.89. The molecule has 0 aromatic carbocycles. The summed E-state index contributed by atoms with van der Waals surface area (Å²) in [6.07, 6.45) is 2.62. The van der Waals surface area contributed by atoms with Crippen molar-refractivity contribution in [1.29, 1.82) is 0 Å². The monoisotopic (exact) mass is 232 g/mol. The third-order valence-corrected chi connectivity index (χ3v) is 0.282. The summed E-state index contributed by atoms with van der Waals surface area (Å²) < 4.78 is 0. The van der Waals surface area contributed by atoms with Gasteiger partial charge in [0, 0.05) is 19.5 Å². The van der Waals surface area contributed by atoms with E-state index >= 15 is 0 Å². The van der Waals surface area contributed by atoms with Gasteiger partial charge in [-0.1, -0.05) is 0 Å². The Morgan fingerprint density at radius 3 is 1.17 bits per heavy atom. The molecule has 0 amide bonds. The van der Waals surface area contributed by atoms with E-state index in [2.05, 4.69) is 9.98 Å². The van der Waals surface area contributed by atoms with Crippen LogP contribution in [0.4, 0.5) is 0 Å². The number of rotatable bonds is 2. The molecule has 0 fully saturated rings. The van der Waals surface area contributed by atoms with Gasteiger partial charge in [-0.15, -0.1) is 25.4 Å². The number of nitrogens with one attached hydrogen (secondary N) is 2. The first kappa shape index (κ1) is 22.5. The molecule has 0 aliphatic heterocycles. The van der Waals surface area contributed by atoms with Gasteiger partial charge in [0.1, 0.15) is 0 Å². The van der Waals surface area contributed by atoms with Gasteiger partial charge >= 0.3 is 0 Å². The average Bonchev–Trinajstić information content (AvgIpc) is 1.93. The SMILES string of the molecule is [AlH3].[N-]=CN=C[NH-].[N-]=CN=C[NH-].[Zn]. The first-order valence-corrected chi connectivity index (χ1v) is 2.13. The molecule has 2 N–H and O–H groups in total. The largest absolute Gasteiger partial charge is 0.488 e. The second kappa shape index (κ2) is 31.4. The fourth-order valence-electron chi connectivity index (χ4n) is 0.0667. The predicted octanol–water partition coefficient (Wildman–Crippen LogP) is 0.143. The van der Waals surface area contributed by atoms with E-state index in [-0.39, 0.29) is 36.8 Å². The van der Waals surface area contributed by atoms with Gasteiger partial charge in [-0.25, -0.2) is 0 Å². The summed E-state index contributed by atoms with van der Waals surface area (Å²) in [5.41, 5.74) is 12.2. The topological polar surface area (TPSA) is 117 Å². The van der Waals surface area contributed by atoms with E-state index in [0.29, 0.717) is 12.7 Å². The summed E-state index contributed by atoms with van der Waals surface area (Å²) in [6.45, 7) is 0. The van der Waals surface area contributed by atoms with Gasteiger partial charge in [0.2, 0.25) is 0 Å². The van der Waals surface area contributed by atoms with E-state index in [4.69, 9.17) is 22.3 Å². The molecule has 8 heteroatoms. The molecular weight excluding hydrogens is 224 g/mol. The van der Waals surface area contributed by atoms with E-state index in [1.54, 1.807) is 0 Å². The van der Waals surface area contributed by atoms with E-state index in [1.807, 2.05) is 0 Å². The third-order valence-electron chi connectivity index (χ3n) is 0.282. The van der Waals surface area contributed by atoms with Crippen molar-refractivity contribution in [3.8, 4) is 0 Å². The zero-order valence-corrected chi connectivity index (χ0v) is 8.77. The molecule has 0 atom stereocenters. The van der Waals surface area contributed by atoms with Gasteiger partial charge in [0.25, 0.3) is 0 Å². The van der Waals surface area contributed by atoms with Crippen LogP contribution in [0.5, 0.6) is 0 Å². The normalized spacial score (nSPS) is 7.33. The third kappa shape index (κ3) is 56.9. The Morgan fingerprint density at radius 2 is 1.17 bits per heavy atom. The summed E-state index contributed by atoms with van der Waals surface area (Å²) in [7, 11) is 0. The quantitative estimate of drug-likeness (QED) is 0.366. The molecule has 0 aliphatic rings. The summed E-state index contributed by atoms with van der Waals surface area (Å²) >= 11 is 0. The molecule has 0 saturated carbocycles. The number of aliphatic imine (C=N–C) groups is 2. The molecule has 6 nitrogen and oxygen atoms in total. The van der Waals surface area contributed by atoms with Gasteiger partial charge in [-0.05, 0) is 0 Å². The van der Waals surface area contributed by atoms with Gasteiger partial charge < -0.3 is 32.3 Å². The number of nitrogens with zero attached hydrogens (tertiary/aromatic N) is 4. The van der Waals surface area contributed by atoms with E-state index in [9.17, 15) is 0 Å². The molecule has 0 aliphatic carbocycles. The summed E-state index contributed by atoms with van der Waals surface area (Å²) in [5.74, 6) is 0. The zero-order chi connectivity index (χ0) is 8.24. The van der Waals surface area contributed by atoms with Crippen molar-refractivity contribution in [2.75, 3.05) is 0 Å². The molecule has 0 aromatic rings. The van der Waals surface area contributed by atoms with Crippen LogP contribution in [0.3, 0.4) is 0 Å². The maximum absolute atomic E-state index is 7.62. The first-order valence-electron chi connectivity index (χ1n) is 2.13. The second-order valence-electron chi connectivity index (χ2n) is 0.787. The summed E-state index contributed by atoms with van der Waals surface area (Å²) in [6, 6.07) is 0. The van der Waals surface area contributed by atoms with Crippen molar-refractivity contribution in [2.24, 2.45) is 9.98 Å². The Balaban J connectivity index is -0.0000000457. The van der Waals surface area contributed by atoms with Gasteiger partial charge in [-0.2, -0.15) is 0 Å². The van der Waals surface area contributed by atoms with Crippen LogP contribution in [0.15, 0.2) is 9.98 Å². The molecule has 0 heterocycles. The van der Waals surface area contributed by atoms with Crippen molar-refractivity contribution >= 4 is 42.7 Å². The van der Waals surface area contributed by atoms with Crippen molar-refractivity contribution < 1.29 is 19.5 Å². The fraction of sp³-hybridized carbons (Fsp3) is 0. The van der Waals surface area contributed by atoms with Crippen molar-refractivity contribution in [1.82, 2.24) is 0 Å². The van der Waals surface area contributed by atoms with Crippen LogP contribution in [0.25, 0.3) is 22.3 Å². The van der Waals surface area contributed by atoms with Gasteiger partial charge in [0.15, 0.2) is 17.4 Å². The molecule has 0 saturated heterocycles.